The molecule has 2 aromatic rings. The summed E-state index contributed by atoms with van der Waals surface area (Å²) >= 11 is 0. The molecule has 6 nitrogen and oxygen atoms in total. The van der Waals surface area contributed by atoms with Gasteiger partial charge in [0.15, 0.2) is 5.84 Å². The van der Waals surface area contributed by atoms with Gasteiger partial charge in [-0.3, -0.25) is 4.90 Å². The molecule has 4 rings (SSSR count). The maximum atomic E-state index is 11.3. The first kappa shape index (κ1) is 19.6. The van der Waals surface area contributed by atoms with Crippen molar-refractivity contribution in [2.45, 2.75) is 45.4 Å². The van der Waals surface area contributed by atoms with Gasteiger partial charge >= 0.3 is 6.03 Å². The van der Waals surface area contributed by atoms with E-state index < -0.39 is 6.03 Å². The number of piperidine rings is 1. The molecule has 1 fully saturated rings. The predicted octanol–water partition coefficient (Wildman–Crippen LogP) is 5.01. The molecule has 2 amide bonds. The first-order valence-corrected chi connectivity index (χ1v) is 10.1. The number of urea groups is 1. The third kappa shape index (κ3) is 4.83. The minimum absolute atomic E-state index is 0.0570. The molecule has 2 heterocycles. The molecule has 0 saturated carbocycles. The average Bonchev–Trinajstić information content (AvgIpc) is 3.11. The van der Waals surface area contributed by atoms with Gasteiger partial charge in [-0.25, -0.2) is 4.79 Å². The number of carbonyl (C=O) groups is 1. The van der Waals surface area contributed by atoms with E-state index in [0.29, 0.717) is 19.0 Å². The summed E-state index contributed by atoms with van der Waals surface area (Å²) in [5.74, 6) is 0.478. The number of nitrogens with zero attached hydrogens (tertiary/aromatic N) is 4. The number of hydrogen-bond acceptors (Lipinski definition) is 4. The van der Waals surface area contributed by atoms with E-state index in [-0.39, 0.29) is 12.1 Å². The molecular weight excluding hydrogens is 364 g/mol. The molecule has 2 aliphatic heterocycles. The van der Waals surface area contributed by atoms with Crippen molar-refractivity contribution in [1.29, 1.82) is 0 Å². The molecule has 0 radical (unpaired) electrons. The van der Waals surface area contributed by atoms with Crippen molar-refractivity contribution in [3.8, 4) is 0 Å². The highest BCUT2D eigenvalue weighted by molar-refractivity contribution is 5.99. The Balaban J connectivity index is 1.54. The van der Waals surface area contributed by atoms with E-state index in [0.717, 1.165) is 19.4 Å². The molecule has 0 bridgehead atoms. The lowest BCUT2D eigenvalue weighted by atomic mass is 9.92. The van der Waals surface area contributed by atoms with Crippen LogP contribution in [-0.2, 0) is 11.3 Å². The summed E-state index contributed by atoms with van der Waals surface area (Å²) in [6, 6.07) is 16.5. The Labute approximate surface area is 171 Å². The second-order valence-corrected chi connectivity index (χ2v) is 7.82. The number of aliphatic imine (C=N–C) groups is 1. The second-order valence-electron chi connectivity index (χ2n) is 7.82. The van der Waals surface area contributed by atoms with Crippen molar-refractivity contribution >= 4 is 11.9 Å². The third-order valence-corrected chi connectivity index (χ3v) is 5.39. The van der Waals surface area contributed by atoms with Crippen LogP contribution in [0, 0.1) is 13.8 Å². The molecule has 2 atom stereocenters. The van der Waals surface area contributed by atoms with Gasteiger partial charge in [0, 0.05) is 0 Å². The lowest BCUT2D eigenvalue weighted by molar-refractivity contribution is -0.0479. The van der Waals surface area contributed by atoms with E-state index in [1.165, 1.54) is 22.3 Å². The minimum Gasteiger partial charge on any atom is -0.372 e. The molecule has 2 aliphatic rings. The zero-order valence-electron chi connectivity index (χ0n) is 16.9. The average molecular weight is 390 g/mol. The zero-order valence-corrected chi connectivity index (χ0v) is 16.9. The first-order chi connectivity index (χ1) is 14.1. The minimum atomic E-state index is -0.518. The summed E-state index contributed by atoms with van der Waals surface area (Å²) in [7, 11) is 0. The number of azo groups is 1. The fourth-order valence-corrected chi connectivity index (χ4v) is 4.32. The number of hydrogen-bond donors (Lipinski definition) is 0. The van der Waals surface area contributed by atoms with Crippen LogP contribution in [0.2, 0.25) is 0 Å². The summed E-state index contributed by atoms with van der Waals surface area (Å²) in [6.45, 7) is 6.22. The van der Waals surface area contributed by atoms with Gasteiger partial charge in [-0.2, -0.15) is 4.99 Å². The Kier molecular flexibility index (Phi) is 5.92. The summed E-state index contributed by atoms with van der Waals surface area (Å²) < 4.78 is 6.46. The van der Waals surface area contributed by atoms with Crippen molar-refractivity contribution < 1.29 is 9.53 Å². The van der Waals surface area contributed by atoms with E-state index in [1.807, 2.05) is 6.07 Å². The smallest absolute Gasteiger partial charge is 0.372 e. The molecule has 150 valence electrons. The Bertz CT molecular complexity index is 919. The van der Waals surface area contributed by atoms with Crippen LogP contribution in [0.4, 0.5) is 4.79 Å². The summed E-state index contributed by atoms with van der Waals surface area (Å²) in [4.78, 5) is 17.6. The predicted molar refractivity (Wildman–Crippen MR) is 112 cm³/mol. The van der Waals surface area contributed by atoms with Crippen molar-refractivity contribution in [3.05, 3.63) is 70.8 Å². The number of likely N-dealkylation sites (tertiary alicyclic amines) is 1. The topological polar surface area (TPSA) is 66.6 Å². The largest absolute Gasteiger partial charge is 0.387 e. The molecule has 0 aromatic heterocycles. The standard InChI is InChI=1S/C23H26N4O2/c1-16-11-17(2)13-18(12-16)15-29-20-9-6-10-27(14-21-24-23(28)26-25-21)22(20)19-7-4-3-5-8-19/h3-5,7-8,11-13,20,22H,6,9-10,14-15H2,1-2H3. The molecule has 1 saturated heterocycles. The highest BCUT2D eigenvalue weighted by Crippen LogP contribution is 2.34. The number of benzene rings is 2. The number of rotatable bonds is 6. The quantitative estimate of drug-likeness (QED) is 0.696. The van der Waals surface area contributed by atoms with Gasteiger partial charge in [-0.1, -0.05) is 64.8 Å². The Morgan fingerprint density at radius 1 is 1.07 bits per heavy atom. The third-order valence-electron chi connectivity index (χ3n) is 5.39. The highest BCUT2D eigenvalue weighted by Gasteiger charge is 2.34. The molecule has 0 spiro atoms. The van der Waals surface area contributed by atoms with Gasteiger partial charge < -0.3 is 4.74 Å². The monoisotopic (exact) mass is 390 g/mol. The molecule has 6 heteroatoms. The lowest BCUT2D eigenvalue weighted by Crippen LogP contribution is -2.44. The lowest BCUT2D eigenvalue weighted by Gasteiger charge is -2.41. The molecule has 0 N–H and O–H groups in total. The number of amides is 2. The van der Waals surface area contributed by atoms with Crippen LogP contribution < -0.4 is 0 Å². The van der Waals surface area contributed by atoms with Gasteiger partial charge in [-0.15, -0.1) is 5.11 Å². The van der Waals surface area contributed by atoms with Crippen LogP contribution >= 0.6 is 0 Å². The van der Waals surface area contributed by atoms with E-state index >= 15 is 0 Å². The highest BCUT2D eigenvalue weighted by atomic mass is 16.5. The maximum absolute atomic E-state index is 11.3. The SMILES string of the molecule is Cc1cc(C)cc(COC2CCCN(CC3=NC(=O)N=N3)C2c2ccccc2)c1. The van der Waals surface area contributed by atoms with Crippen LogP contribution in [0.5, 0.6) is 0 Å². The van der Waals surface area contributed by atoms with Crippen LogP contribution in [0.15, 0.2) is 63.8 Å². The van der Waals surface area contributed by atoms with Gasteiger partial charge in [0.25, 0.3) is 0 Å². The fraction of sp³-hybridized carbons (Fsp3) is 0.391. The van der Waals surface area contributed by atoms with Gasteiger partial charge in [-0.05, 0) is 44.4 Å². The Hall–Kier alpha value is -2.70. The van der Waals surface area contributed by atoms with E-state index in [2.05, 4.69) is 76.4 Å². The van der Waals surface area contributed by atoms with Crippen LogP contribution in [0.1, 0.15) is 41.1 Å². The summed E-state index contributed by atoms with van der Waals surface area (Å²) in [5.41, 5.74) is 4.91. The molecule has 2 unspecified atom stereocenters. The molecule has 0 aliphatic carbocycles. The maximum Gasteiger partial charge on any atom is 0.387 e. The first-order valence-electron chi connectivity index (χ1n) is 10.1. The van der Waals surface area contributed by atoms with Gasteiger partial charge in [0.2, 0.25) is 0 Å². The number of aryl methyl sites for hydroxylation is 2. The second kappa shape index (κ2) is 8.76. The molecule has 2 aromatic carbocycles. The fourth-order valence-electron chi connectivity index (χ4n) is 4.32. The summed E-state index contributed by atoms with van der Waals surface area (Å²) in [5, 5.41) is 7.44. The van der Waals surface area contributed by atoms with E-state index in [1.54, 1.807) is 0 Å². The normalized spacial score (nSPS) is 22.1. The van der Waals surface area contributed by atoms with Crippen LogP contribution in [0.3, 0.4) is 0 Å². The Morgan fingerprint density at radius 3 is 2.52 bits per heavy atom. The van der Waals surface area contributed by atoms with Crippen LogP contribution in [-0.4, -0.2) is 36.0 Å². The number of amidine groups is 1. The van der Waals surface area contributed by atoms with E-state index in [4.69, 9.17) is 4.74 Å². The number of ether oxygens (including phenoxy) is 1. The zero-order chi connectivity index (χ0) is 20.2. The van der Waals surface area contributed by atoms with Gasteiger partial charge in [0.05, 0.1) is 25.3 Å². The van der Waals surface area contributed by atoms with Crippen molar-refractivity contribution in [2.24, 2.45) is 15.2 Å². The number of carbonyl (C=O) groups excluding carboxylic acids is 1. The van der Waals surface area contributed by atoms with E-state index in [9.17, 15) is 4.79 Å². The van der Waals surface area contributed by atoms with Crippen molar-refractivity contribution in [3.63, 3.8) is 0 Å². The molecular formula is C23H26N4O2. The summed E-state index contributed by atoms with van der Waals surface area (Å²) in [6.07, 6.45) is 2.08. The molecule has 29 heavy (non-hydrogen) atoms. The van der Waals surface area contributed by atoms with Gasteiger partial charge in [0.1, 0.15) is 0 Å². The van der Waals surface area contributed by atoms with Crippen LogP contribution in [0.25, 0.3) is 0 Å². The van der Waals surface area contributed by atoms with Crippen molar-refractivity contribution in [1.82, 2.24) is 4.90 Å². The Morgan fingerprint density at radius 2 is 1.83 bits per heavy atom. The van der Waals surface area contributed by atoms with Crippen molar-refractivity contribution in [2.75, 3.05) is 13.1 Å².